The van der Waals surface area contributed by atoms with Crippen LogP contribution in [0.4, 0.5) is 11.5 Å². The maximum Gasteiger partial charge on any atom is 0.242 e. The first-order valence-electron chi connectivity index (χ1n) is 21.9. The molecule has 10 rings (SSSR count). The van der Waals surface area contributed by atoms with E-state index in [1.165, 1.54) is 36.2 Å². The Morgan fingerprint density at radius 3 is 2.21 bits per heavy atom. The molecule has 6 aromatic rings. The van der Waals surface area contributed by atoms with Gasteiger partial charge in [0.15, 0.2) is 0 Å². The predicted molar refractivity (Wildman–Crippen MR) is 257 cm³/mol. The quantitative estimate of drug-likeness (QED) is 0.0800. The van der Waals surface area contributed by atoms with Crippen LogP contribution in [0.2, 0.25) is 5.02 Å². The molecule has 2 saturated heterocycles. The van der Waals surface area contributed by atoms with Gasteiger partial charge in [0.05, 0.1) is 62.2 Å². The van der Waals surface area contributed by atoms with Crippen molar-refractivity contribution in [3.8, 4) is 39.3 Å². The number of imide groups is 2. The number of thiophene rings is 1. The van der Waals surface area contributed by atoms with E-state index in [-0.39, 0.29) is 41.9 Å². The third-order valence-electron chi connectivity index (χ3n) is 14.4. The number of carbonyl (C=O) groups is 4. The third-order valence-corrected chi connectivity index (χ3v) is 15.9. The number of phenols is 1. The van der Waals surface area contributed by atoms with Crippen LogP contribution < -0.4 is 28.7 Å². The molecule has 6 atom stereocenters. The van der Waals surface area contributed by atoms with E-state index >= 15 is 9.59 Å². The van der Waals surface area contributed by atoms with Gasteiger partial charge in [-0.1, -0.05) is 47.5 Å². The molecule has 2 aliphatic carbocycles. The lowest BCUT2D eigenvalue weighted by atomic mass is 9.51. The van der Waals surface area contributed by atoms with Crippen LogP contribution in [0.5, 0.6) is 28.7 Å². The summed E-state index contributed by atoms with van der Waals surface area (Å²) in [6.07, 6.45) is 6.15. The molecule has 15 heteroatoms. The Kier molecular flexibility index (Phi) is 10.8. The van der Waals surface area contributed by atoms with Crippen molar-refractivity contribution in [1.29, 1.82) is 0 Å². The molecule has 4 heterocycles. The van der Waals surface area contributed by atoms with Gasteiger partial charge in [-0.05, 0) is 97.7 Å². The molecule has 0 radical (unpaired) electrons. The van der Waals surface area contributed by atoms with E-state index in [2.05, 4.69) is 0 Å². The standard InChI is InChI=1S/C52H47ClN4O9S/c1-26-35-21-29(53)12-19-42(35)67-47(26)38-25-43(55(3)54-38)57-49(60)37-24-36-33(46(52(37,2)51(57)62)45-40(65-6)22-31(58)23-41(45)66-7)16-17-34-44(36)50(61)56(48(34)59)30-13-9-27(10-14-30)8-11-28-20-32(63-4)15-18-39(28)64-5/h8-16,18-23,25,34,36-37,44,46,58H,17,24H2,1-7H3. The van der Waals surface area contributed by atoms with E-state index in [1.54, 1.807) is 62.4 Å². The Bertz CT molecular complexity index is 3110. The summed E-state index contributed by atoms with van der Waals surface area (Å²) in [6.45, 7) is 3.79. The van der Waals surface area contributed by atoms with E-state index in [9.17, 15) is 14.7 Å². The first-order chi connectivity index (χ1) is 32.2. The van der Waals surface area contributed by atoms with Gasteiger partial charge in [0.25, 0.3) is 0 Å². The van der Waals surface area contributed by atoms with Crippen LogP contribution >= 0.6 is 22.9 Å². The van der Waals surface area contributed by atoms with Gasteiger partial charge in [-0.2, -0.15) is 5.10 Å². The first kappa shape index (κ1) is 44.0. The van der Waals surface area contributed by atoms with E-state index in [0.29, 0.717) is 39.3 Å². The number of fused-ring (bicyclic) bond motifs is 5. The molecule has 1 N–H and O–H groups in total. The van der Waals surface area contributed by atoms with Crippen LogP contribution in [-0.2, 0) is 26.2 Å². The number of rotatable bonds is 10. The molecule has 3 fully saturated rings. The van der Waals surface area contributed by atoms with E-state index in [1.807, 2.05) is 73.7 Å². The lowest BCUT2D eigenvalue weighted by Gasteiger charge is -2.49. The molecule has 342 valence electrons. The average Bonchev–Trinajstić information content (AvgIpc) is 4.00. The highest BCUT2D eigenvalue weighted by atomic mass is 35.5. The second-order valence-electron chi connectivity index (χ2n) is 17.7. The lowest BCUT2D eigenvalue weighted by molar-refractivity contribution is -0.131. The Hall–Kier alpha value is -6.90. The number of hydrogen-bond donors (Lipinski definition) is 1. The van der Waals surface area contributed by atoms with Crippen molar-refractivity contribution in [3.05, 3.63) is 118 Å². The van der Waals surface area contributed by atoms with Gasteiger partial charge in [-0.25, -0.2) is 4.90 Å². The van der Waals surface area contributed by atoms with Gasteiger partial charge in [0.1, 0.15) is 40.3 Å². The zero-order valence-electron chi connectivity index (χ0n) is 37.8. The summed E-state index contributed by atoms with van der Waals surface area (Å²) in [5.41, 5.74) is 3.43. The number of benzene rings is 4. The molecule has 0 spiro atoms. The highest BCUT2D eigenvalue weighted by Crippen LogP contribution is 2.66. The summed E-state index contributed by atoms with van der Waals surface area (Å²) in [5, 5.41) is 17.2. The monoisotopic (exact) mass is 938 g/mol. The summed E-state index contributed by atoms with van der Waals surface area (Å²) in [5.74, 6) is -3.46. The number of allylic oxidation sites excluding steroid dienone is 2. The molecule has 13 nitrogen and oxygen atoms in total. The van der Waals surface area contributed by atoms with E-state index in [4.69, 9.17) is 35.6 Å². The number of aromatic nitrogens is 2. The SMILES string of the molecule is COc1ccc(OC)c(C=Cc2ccc(N3C(=O)C4CC=C5C(CC6C(=O)N(c7cc(-c8sc9ccc(Cl)cc9c8C)nn7C)C(=O)C6(C)C5c5c(OC)cc(O)cc5OC)C4C3=O)cc2)c1. The topological polar surface area (TPSA) is 150 Å². The minimum Gasteiger partial charge on any atom is -0.508 e. The Labute approximate surface area is 395 Å². The zero-order valence-corrected chi connectivity index (χ0v) is 39.4. The number of phenolic OH excluding ortho intramolecular Hbond substituents is 1. The van der Waals surface area contributed by atoms with Crippen molar-refractivity contribution in [2.75, 3.05) is 38.2 Å². The second-order valence-corrected chi connectivity index (χ2v) is 19.2. The predicted octanol–water partition coefficient (Wildman–Crippen LogP) is 9.61. The van der Waals surface area contributed by atoms with Crippen LogP contribution in [0.1, 0.15) is 47.9 Å². The fourth-order valence-electron chi connectivity index (χ4n) is 11.1. The summed E-state index contributed by atoms with van der Waals surface area (Å²) in [7, 11) is 7.84. The van der Waals surface area contributed by atoms with Gasteiger partial charge in [0, 0.05) is 52.0 Å². The Morgan fingerprint density at radius 1 is 0.806 bits per heavy atom. The van der Waals surface area contributed by atoms with Crippen molar-refractivity contribution in [1.82, 2.24) is 9.78 Å². The molecule has 2 aliphatic heterocycles. The van der Waals surface area contributed by atoms with Gasteiger partial charge < -0.3 is 24.1 Å². The zero-order chi connectivity index (χ0) is 47.2. The summed E-state index contributed by atoms with van der Waals surface area (Å²) >= 11 is 7.92. The molecular formula is C52H47ClN4O9S. The van der Waals surface area contributed by atoms with Gasteiger partial charge in [-0.15, -0.1) is 11.3 Å². The van der Waals surface area contributed by atoms with Crippen molar-refractivity contribution in [2.45, 2.75) is 32.6 Å². The second kappa shape index (κ2) is 16.5. The van der Waals surface area contributed by atoms with E-state index in [0.717, 1.165) is 37.2 Å². The van der Waals surface area contributed by atoms with Crippen LogP contribution in [0, 0.1) is 36.0 Å². The average molecular weight is 939 g/mol. The lowest BCUT2D eigenvalue weighted by Crippen LogP contribution is -2.49. The fraction of sp³-hybridized carbons (Fsp3) is 0.288. The van der Waals surface area contributed by atoms with Crippen molar-refractivity contribution in [3.63, 3.8) is 0 Å². The number of hydrogen-bond acceptors (Lipinski definition) is 11. The maximum absolute atomic E-state index is 15.5. The number of anilines is 2. The number of amides is 4. The molecule has 4 aromatic carbocycles. The third kappa shape index (κ3) is 6.74. The Balaban J connectivity index is 1.03. The number of aromatic hydroxyl groups is 1. The number of carbonyl (C=O) groups excluding carboxylic acids is 4. The molecule has 0 bridgehead atoms. The first-order valence-corrected chi connectivity index (χ1v) is 23.1. The van der Waals surface area contributed by atoms with Gasteiger partial charge >= 0.3 is 0 Å². The molecule has 2 aromatic heterocycles. The maximum atomic E-state index is 15.5. The minimum atomic E-state index is -1.43. The van der Waals surface area contributed by atoms with Crippen molar-refractivity contribution in [2.24, 2.45) is 36.1 Å². The van der Waals surface area contributed by atoms with Crippen LogP contribution in [0.15, 0.2) is 90.5 Å². The number of aryl methyl sites for hydroxylation is 2. The number of ether oxygens (including phenoxy) is 4. The van der Waals surface area contributed by atoms with E-state index < -0.39 is 46.8 Å². The normalized spacial score (nSPS) is 23.5. The smallest absolute Gasteiger partial charge is 0.242 e. The number of halogens is 1. The fourth-order valence-corrected chi connectivity index (χ4v) is 12.4. The molecular weight excluding hydrogens is 892 g/mol. The molecule has 4 amide bonds. The van der Waals surface area contributed by atoms with Crippen molar-refractivity contribution < 1.29 is 43.2 Å². The van der Waals surface area contributed by atoms with Crippen LogP contribution in [0.25, 0.3) is 32.8 Å². The van der Waals surface area contributed by atoms with Gasteiger partial charge in [0.2, 0.25) is 23.6 Å². The van der Waals surface area contributed by atoms with Gasteiger partial charge in [-0.3, -0.25) is 28.8 Å². The number of methoxy groups -OCH3 is 4. The summed E-state index contributed by atoms with van der Waals surface area (Å²) in [4.78, 5) is 63.5. The van der Waals surface area contributed by atoms with Crippen LogP contribution in [-0.4, -0.2) is 67.0 Å². The summed E-state index contributed by atoms with van der Waals surface area (Å²) in [6, 6.07) is 23.1. The van der Waals surface area contributed by atoms with Crippen molar-refractivity contribution >= 4 is 80.3 Å². The molecule has 67 heavy (non-hydrogen) atoms. The number of nitrogens with zero attached hydrogens (tertiary/aromatic N) is 4. The minimum absolute atomic E-state index is 0.116. The summed E-state index contributed by atoms with van der Waals surface area (Å²) < 4.78 is 25.3. The Morgan fingerprint density at radius 2 is 1.52 bits per heavy atom. The molecule has 4 aliphatic rings. The highest BCUT2D eigenvalue weighted by Gasteiger charge is 2.68. The van der Waals surface area contributed by atoms with Crippen LogP contribution in [0.3, 0.4) is 0 Å². The molecule has 1 saturated carbocycles. The molecule has 6 unspecified atom stereocenters. The largest absolute Gasteiger partial charge is 0.508 e. The highest BCUT2D eigenvalue weighted by molar-refractivity contribution is 7.22.